The van der Waals surface area contributed by atoms with Gasteiger partial charge in [0, 0.05) is 24.2 Å². The molecule has 5 N–H and O–H groups in total. The third kappa shape index (κ3) is 7.94. The van der Waals surface area contributed by atoms with E-state index in [1.165, 1.54) is 24.4 Å². The van der Waals surface area contributed by atoms with Crippen LogP contribution in [0.4, 0.5) is 4.79 Å². The Labute approximate surface area is 179 Å². The summed E-state index contributed by atoms with van der Waals surface area (Å²) in [5.41, 5.74) is 2.28. The van der Waals surface area contributed by atoms with Crippen LogP contribution in [0.1, 0.15) is 42.4 Å². The lowest BCUT2D eigenvalue weighted by atomic mass is 10.1. The molecule has 0 bridgehead atoms. The third-order valence-electron chi connectivity index (χ3n) is 4.01. The van der Waals surface area contributed by atoms with Crippen molar-refractivity contribution >= 4 is 17.9 Å². The Bertz CT molecular complexity index is 907. The zero-order valence-electron chi connectivity index (χ0n) is 17.5. The number of amides is 3. The van der Waals surface area contributed by atoms with Crippen LogP contribution in [0.25, 0.3) is 0 Å². The Morgan fingerprint density at radius 1 is 1.10 bits per heavy atom. The smallest absolute Gasteiger partial charge is 0.408 e. The highest BCUT2D eigenvalue weighted by Crippen LogP contribution is 2.11. The zero-order valence-corrected chi connectivity index (χ0v) is 17.5. The molecule has 0 radical (unpaired) electrons. The van der Waals surface area contributed by atoms with E-state index in [1.807, 2.05) is 0 Å². The highest BCUT2D eigenvalue weighted by atomic mass is 16.6. The fraction of sp³-hybridized carbons (Fsp3) is 0.333. The largest absolute Gasteiger partial charge is 0.506 e. The number of hydrogen-bond donors (Lipinski definition) is 5. The molecule has 1 unspecified atom stereocenters. The number of aromatic hydroxyl groups is 1. The molecule has 0 aliphatic heterocycles. The third-order valence-corrected chi connectivity index (χ3v) is 4.01. The van der Waals surface area contributed by atoms with Gasteiger partial charge in [-0.3, -0.25) is 19.8 Å². The minimum atomic E-state index is -0.966. The molecule has 166 valence electrons. The molecule has 10 heteroatoms. The van der Waals surface area contributed by atoms with E-state index >= 15 is 0 Å². The lowest BCUT2D eigenvalue weighted by Crippen LogP contribution is -2.49. The molecule has 1 heterocycles. The van der Waals surface area contributed by atoms with Crippen molar-refractivity contribution in [3.63, 3.8) is 0 Å². The maximum absolute atomic E-state index is 12.8. The Morgan fingerprint density at radius 3 is 2.32 bits per heavy atom. The molecule has 0 fully saturated rings. The van der Waals surface area contributed by atoms with E-state index in [-0.39, 0.29) is 24.3 Å². The number of hydrogen-bond acceptors (Lipinski definition) is 7. The maximum Gasteiger partial charge on any atom is 0.408 e. The van der Waals surface area contributed by atoms with Crippen LogP contribution in [0.15, 0.2) is 42.6 Å². The van der Waals surface area contributed by atoms with Gasteiger partial charge in [0.05, 0.1) is 6.20 Å². The number of pyridine rings is 1. The first-order valence-electron chi connectivity index (χ1n) is 9.52. The van der Waals surface area contributed by atoms with Gasteiger partial charge in [0.1, 0.15) is 17.4 Å². The van der Waals surface area contributed by atoms with Crippen LogP contribution in [0, 0.1) is 0 Å². The van der Waals surface area contributed by atoms with Crippen LogP contribution in [-0.4, -0.2) is 44.8 Å². The van der Waals surface area contributed by atoms with Crippen molar-refractivity contribution < 1.29 is 29.4 Å². The number of rotatable bonds is 7. The fourth-order valence-electron chi connectivity index (χ4n) is 2.56. The van der Waals surface area contributed by atoms with Crippen LogP contribution in [0.5, 0.6) is 5.75 Å². The Balaban J connectivity index is 2.06. The van der Waals surface area contributed by atoms with Crippen molar-refractivity contribution in [2.24, 2.45) is 0 Å². The molecule has 2 rings (SSSR count). The zero-order chi connectivity index (χ0) is 23.0. The summed E-state index contributed by atoms with van der Waals surface area (Å²) in [4.78, 5) is 40.4. The van der Waals surface area contributed by atoms with Gasteiger partial charge in [0.15, 0.2) is 0 Å². The van der Waals surface area contributed by atoms with Crippen molar-refractivity contribution in [2.75, 3.05) is 0 Å². The van der Waals surface area contributed by atoms with Crippen LogP contribution in [0.3, 0.4) is 0 Å². The monoisotopic (exact) mass is 430 g/mol. The number of nitrogens with zero attached hydrogens (tertiary/aromatic N) is 1. The number of ether oxygens (including phenoxy) is 1. The van der Waals surface area contributed by atoms with Gasteiger partial charge in [-0.05, 0) is 50.6 Å². The average molecular weight is 430 g/mol. The first kappa shape index (κ1) is 23.6. The lowest BCUT2D eigenvalue weighted by Gasteiger charge is -2.23. The summed E-state index contributed by atoms with van der Waals surface area (Å²) in [7, 11) is 0. The second kappa shape index (κ2) is 10.4. The molecule has 31 heavy (non-hydrogen) atoms. The summed E-state index contributed by atoms with van der Waals surface area (Å²) in [6, 6.07) is 8.29. The standard InChI is InChI=1S/C21H26N4O6/c1-21(2,3)31-20(29)24-17(10-15-8-9-16(26)12-22-15)19(28)23-11-13-4-6-14(7-5-13)18(27)25-30/h4-9,12,17,26,30H,10-11H2,1-3H3,(H,23,28)(H,24,29)(H,25,27). The average Bonchev–Trinajstić information content (AvgIpc) is 2.71. The fourth-order valence-corrected chi connectivity index (χ4v) is 2.56. The highest BCUT2D eigenvalue weighted by molar-refractivity contribution is 5.93. The highest BCUT2D eigenvalue weighted by Gasteiger charge is 2.25. The molecule has 0 spiro atoms. The Kier molecular flexibility index (Phi) is 7.92. The van der Waals surface area contributed by atoms with Crippen molar-refractivity contribution in [2.45, 2.75) is 45.4 Å². The van der Waals surface area contributed by atoms with Crippen molar-refractivity contribution in [3.8, 4) is 5.75 Å². The molecule has 0 saturated carbocycles. The van der Waals surface area contributed by atoms with E-state index in [9.17, 15) is 19.5 Å². The molecule has 0 aliphatic rings. The van der Waals surface area contributed by atoms with Crippen LogP contribution >= 0.6 is 0 Å². The van der Waals surface area contributed by atoms with E-state index in [0.29, 0.717) is 11.3 Å². The van der Waals surface area contributed by atoms with Crippen LogP contribution < -0.4 is 16.1 Å². The first-order valence-corrected chi connectivity index (χ1v) is 9.52. The van der Waals surface area contributed by atoms with Gasteiger partial charge in [-0.15, -0.1) is 0 Å². The Hall–Kier alpha value is -3.66. The number of nitrogens with one attached hydrogen (secondary N) is 3. The molecule has 0 saturated heterocycles. The van der Waals surface area contributed by atoms with Gasteiger partial charge in [0.25, 0.3) is 5.91 Å². The molecule has 2 aromatic rings. The summed E-state index contributed by atoms with van der Waals surface area (Å²) in [6.45, 7) is 5.28. The van der Waals surface area contributed by atoms with Crippen molar-refractivity contribution in [1.29, 1.82) is 0 Å². The number of aromatic nitrogens is 1. The second-order valence-electron chi connectivity index (χ2n) is 7.77. The molecular weight excluding hydrogens is 404 g/mol. The van der Waals surface area contributed by atoms with Crippen LogP contribution in [-0.2, 0) is 22.5 Å². The van der Waals surface area contributed by atoms with Gasteiger partial charge in [-0.1, -0.05) is 12.1 Å². The maximum atomic E-state index is 12.8. The normalized spacial score (nSPS) is 11.9. The summed E-state index contributed by atoms with van der Waals surface area (Å²) in [5.74, 6) is -1.11. The number of benzene rings is 1. The van der Waals surface area contributed by atoms with Gasteiger partial charge in [-0.2, -0.15) is 0 Å². The molecule has 3 amide bonds. The molecule has 10 nitrogen and oxygen atoms in total. The number of carbonyl (C=O) groups is 3. The van der Waals surface area contributed by atoms with E-state index in [2.05, 4.69) is 15.6 Å². The molecule has 1 atom stereocenters. The first-order chi connectivity index (χ1) is 14.6. The quantitative estimate of drug-likeness (QED) is 0.331. The number of carbonyl (C=O) groups excluding carboxylic acids is 3. The number of hydroxylamine groups is 1. The van der Waals surface area contributed by atoms with Gasteiger partial charge in [0.2, 0.25) is 5.91 Å². The predicted octanol–water partition coefficient (Wildman–Crippen LogP) is 1.66. The lowest BCUT2D eigenvalue weighted by molar-refractivity contribution is -0.123. The molecule has 1 aromatic heterocycles. The topological polar surface area (TPSA) is 150 Å². The van der Waals surface area contributed by atoms with E-state index in [1.54, 1.807) is 44.5 Å². The second-order valence-corrected chi connectivity index (χ2v) is 7.77. The summed E-state index contributed by atoms with van der Waals surface area (Å²) >= 11 is 0. The summed E-state index contributed by atoms with van der Waals surface area (Å²) < 4.78 is 5.24. The summed E-state index contributed by atoms with van der Waals surface area (Å²) in [5, 5.41) is 23.3. The summed E-state index contributed by atoms with van der Waals surface area (Å²) in [6.07, 6.45) is 0.592. The minimum Gasteiger partial charge on any atom is -0.506 e. The molecule has 1 aromatic carbocycles. The molecule has 0 aliphatic carbocycles. The van der Waals surface area contributed by atoms with E-state index < -0.39 is 29.6 Å². The SMILES string of the molecule is CC(C)(C)OC(=O)NC(Cc1ccc(O)cn1)C(=O)NCc1ccc(C(=O)NO)cc1. The number of alkyl carbamates (subject to hydrolysis) is 1. The predicted molar refractivity (Wildman–Crippen MR) is 110 cm³/mol. The van der Waals surface area contributed by atoms with Crippen molar-refractivity contribution in [3.05, 3.63) is 59.4 Å². The Morgan fingerprint density at radius 2 is 1.77 bits per heavy atom. The van der Waals surface area contributed by atoms with E-state index in [0.717, 1.165) is 0 Å². The minimum absolute atomic E-state index is 0.0109. The van der Waals surface area contributed by atoms with Crippen molar-refractivity contribution in [1.82, 2.24) is 21.1 Å². The van der Waals surface area contributed by atoms with E-state index in [4.69, 9.17) is 9.94 Å². The van der Waals surface area contributed by atoms with Gasteiger partial charge in [-0.25, -0.2) is 10.3 Å². The molecular formula is C21H26N4O6. The van der Waals surface area contributed by atoms with Gasteiger partial charge >= 0.3 is 6.09 Å². The van der Waals surface area contributed by atoms with Gasteiger partial charge < -0.3 is 20.5 Å². The van der Waals surface area contributed by atoms with Crippen LogP contribution in [0.2, 0.25) is 0 Å².